The first-order valence-corrected chi connectivity index (χ1v) is 9.01. The van der Waals surface area contributed by atoms with Gasteiger partial charge in [0.15, 0.2) is 0 Å². The number of benzene rings is 1. The van der Waals surface area contributed by atoms with Crippen LogP contribution in [0, 0.1) is 0 Å². The smallest absolute Gasteiger partial charge is 0.239 e. The first kappa shape index (κ1) is 16.7. The van der Waals surface area contributed by atoms with Crippen LogP contribution >= 0.6 is 22.9 Å². The molecule has 0 saturated heterocycles. The van der Waals surface area contributed by atoms with Gasteiger partial charge in [0.25, 0.3) is 0 Å². The fourth-order valence-electron chi connectivity index (χ4n) is 2.58. The maximum absolute atomic E-state index is 12.3. The molecule has 24 heavy (non-hydrogen) atoms. The lowest BCUT2D eigenvalue weighted by Crippen LogP contribution is -2.37. The minimum Gasteiger partial charge on any atom is -0.362 e. The van der Waals surface area contributed by atoms with Crippen LogP contribution in [0.3, 0.4) is 0 Å². The second-order valence-electron chi connectivity index (χ2n) is 5.36. The summed E-state index contributed by atoms with van der Waals surface area (Å²) in [6, 6.07) is 11.6. The Morgan fingerprint density at radius 3 is 2.96 bits per heavy atom. The van der Waals surface area contributed by atoms with Gasteiger partial charge in [0.1, 0.15) is 0 Å². The largest absolute Gasteiger partial charge is 0.362 e. The normalized spacial score (nSPS) is 10.8. The van der Waals surface area contributed by atoms with Crippen LogP contribution < -0.4 is 10.2 Å². The lowest BCUT2D eigenvalue weighted by molar-refractivity contribution is -0.119. The maximum Gasteiger partial charge on any atom is 0.239 e. The molecule has 6 heteroatoms. The zero-order chi connectivity index (χ0) is 16.9. The summed E-state index contributed by atoms with van der Waals surface area (Å²) >= 11 is 7.68. The van der Waals surface area contributed by atoms with Crippen molar-refractivity contribution in [1.29, 1.82) is 0 Å². The third-order valence-corrected chi connectivity index (χ3v) is 4.89. The summed E-state index contributed by atoms with van der Waals surface area (Å²) in [6.45, 7) is 3.65. The molecule has 0 aliphatic carbocycles. The van der Waals surface area contributed by atoms with E-state index in [0.717, 1.165) is 28.0 Å². The molecule has 1 aromatic carbocycles. The van der Waals surface area contributed by atoms with Crippen LogP contribution in [-0.4, -0.2) is 24.0 Å². The number of fused-ring (bicyclic) bond motifs is 1. The molecule has 0 saturated carbocycles. The van der Waals surface area contributed by atoms with E-state index in [9.17, 15) is 4.79 Å². The van der Waals surface area contributed by atoms with E-state index in [2.05, 4.69) is 10.3 Å². The van der Waals surface area contributed by atoms with Crippen LogP contribution in [0.15, 0.2) is 48.0 Å². The van der Waals surface area contributed by atoms with E-state index < -0.39 is 0 Å². The molecule has 2 heterocycles. The second kappa shape index (κ2) is 7.64. The number of hydrogen-bond acceptors (Lipinski definition) is 4. The fraction of sp³-hybridized carbons (Fsp3) is 0.222. The molecule has 0 fully saturated rings. The van der Waals surface area contributed by atoms with E-state index in [-0.39, 0.29) is 5.91 Å². The molecule has 0 bridgehead atoms. The minimum atomic E-state index is 0.00387. The molecule has 1 amide bonds. The predicted octanol–water partition coefficient (Wildman–Crippen LogP) is 4.09. The van der Waals surface area contributed by atoms with Crippen molar-refractivity contribution in [2.45, 2.75) is 13.5 Å². The Bertz CT molecular complexity index is 835. The number of pyridine rings is 1. The zero-order valence-electron chi connectivity index (χ0n) is 13.3. The van der Waals surface area contributed by atoms with Gasteiger partial charge in [-0.2, -0.15) is 0 Å². The van der Waals surface area contributed by atoms with Crippen molar-refractivity contribution in [3.8, 4) is 0 Å². The third-order valence-electron chi connectivity index (χ3n) is 3.78. The molecule has 124 valence electrons. The predicted molar refractivity (Wildman–Crippen MR) is 101 cm³/mol. The maximum atomic E-state index is 12.3. The van der Waals surface area contributed by atoms with Crippen molar-refractivity contribution >= 4 is 45.4 Å². The van der Waals surface area contributed by atoms with Crippen LogP contribution in [0.25, 0.3) is 10.9 Å². The Labute approximate surface area is 150 Å². The van der Waals surface area contributed by atoms with Gasteiger partial charge in [-0.3, -0.25) is 9.78 Å². The van der Waals surface area contributed by atoms with Crippen molar-refractivity contribution in [3.05, 3.63) is 57.9 Å². The monoisotopic (exact) mass is 359 g/mol. The van der Waals surface area contributed by atoms with Gasteiger partial charge in [0, 0.05) is 33.7 Å². The summed E-state index contributed by atoms with van der Waals surface area (Å²) in [5.41, 5.74) is 1.82. The number of carbonyl (C=O) groups excluding carboxylic acids is 1. The number of likely N-dealkylation sites (N-methyl/N-ethyl adjacent to an activating group) is 1. The summed E-state index contributed by atoms with van der Waals surface area (Å²) in [5.74, 6) is 0.00387. The number of carbonyl (C=O) groups is 1. The lowest BCUT2D eigenvalue weighted by Gasteiger charge is -2.24. The molecule has 4 nitrogen and oxygen atoms in total. The number of halogens is 1. The molecule has 0 unspecified atom stereocenters. The van der Waals surface area contributed by atoms with Gasteiger partial charge in [0.2, 0.25) is 5.91 Å². The molecular formula is C18H18ClN3OS. The van der Waals surface area contributed by atoms with Crippen molar-refractivity contribution in [1.82, 2.24) is 10.3 Å². The van der Waals surface area contributed by atoms with E-state index in [1.807, 2.05) is 53.6 Å². The molecule has 3 aromatic rings. The van der Waals surface area contributed by atoms with E-state index >= 15 is 0 Å². The van der Waals surface area contributed by atoms with Crippen molar-refractivity contribution in [2.75, 3.05) is 18.0 Å². The number of amides is 1. The Hall–Kier alpha value is -2.11. The van der Waals surface area contributed by atoms with Crippen LogP contribution in [0.5, 0.6) is 0 Å². The van der Waals surface area contributed by atoms with Gasteiger partial charge in [0.05, 0.1) is 18.6 Å². The number of nitrogens with zero attached hydrogens (tertiary/aromatic N) is 2. The lowest BCUT2D eigenvalue weighted by atomic mass is 10.1. The number of rotatable bonds is 6. The van der Waals surface area contributed by atoms with Crippen molar-refractivity contribution < 1.29 is 4.79 Å². The number of hydrogen-bond donors (Lipinski definition) is 1. The van der Waals surface area contributed by atoms with Crippen LogP contribution in [0.2, 0.25) is 5.02 Å². The molecule has 0 aliphatic rings. The molecule has 0 spiro atoms. The molecule has 2 aromatic heterocycles. The van der Waals surface area contributed by atoms with Crippen molar-refractivity contribution in [3.63, 3.8) is 0 Å². The number of nitrogens with one attached hydrogen (secondary N) is 1. The number of aromatic nitrogens is 1. The van der Waals surface area contributed by atoms with Gasteiger partial charge in [-0.25, -0.2) is 0 Å². The Balaban J connectivity index is 1.75. The molecule has 0 radical (unpaired) electrons. The summed E-state index contributed by atoms with van der Waals surface area (Å²) in [6.07, 6.45) is 1.75. The average molecular weight is 360 g/mol. The van der Waals surface area contributed by atoms with Crippen LogP contribution in [0.1, 0.15) is 11.8 Å². The average Bonchev–Trinajstić information content (AvgIpc) is 3.10. The first-order valence-electron chi connectivity index (χ1n) is 7.75. The molecule has 0 atom stereocenters. The highest BCUT2D eigenvalue weighted by Crippen LogP contribution is 2.27. The van der Waals surface area contributed by atoms with Crippen LogP contribution in [-0.2, 0) is 11.3 Å². The van der Waals surface area contributed by atoms with Gasteiger partial charge in [-0.05, 0) is 42.6 Å². The Morgan fingerprint density at radius 2 is 2.21 bits per heavy atom. The highest BCUT2D eigenvalue weighted by molar-refractivity contribution is 7.09. The Morgan fingerprint density at radius 1 is 1.33 bits per heavy atom. The van der Waals surface area contributed by atoms with Crippen LogP contribution in [0.4, 0.5) is 5.69 Å². The molecule has 1 N–H and O–H groups in total. The van der Waals surface area contributed by atoms with Gasteiger partial charge in [-0.1, -0.05) is 17.7 Å². The summed E-state index contributed by atoms with van der Waals surface area (Å²) in [7, 11) is 0. The number of thiophene rings is 1. The quantitative estimate of drug-likeness (QED) is 0.721. The van der Waals surface area contributed by atoms with E-state index in [1.54, 1.807) is 17.5 Å². The van der Waals surface area contributed by atoms with Gasteiger partial charge in [-0.15, -0.1) is 11.3 Å². The fourth-order valence-corrected chi connectivity index (χ4v) is 3.39. The zero-order valence-corrected chi connectivity index (χ0v) is 14.9. The summed E-state index contributed by atoms with van der Waals surface area (Å²) in [5, 5.41) is 6.63. The van der Waals surface area contributed by atoms with E-state index in [0.29, 0.717) is 18.1 Å². The standard InChI is InChI=1S/C18H18ClN3OS/c1-2-22(12-18(23)21-11-14-4-3-9-24-14)17-7-8-20-16-10-13(19)5-6-15(16)17/h3-10H,2,11-12H2,1H3,(H,21,23). The van der Waals surface area contributed by atoms with Crippen molar-refractivity contribution in [2.24, 2.45) is 0 Å². The number of anilines is 1. The van der Waals surface area contributed by atoms with Gasteiger partial charge < -0.3 is 10.2 Å². The van der Waals surface area contributed by atoms with E-state index in [1.165, 1.54) is 0 Å². The second-order valence-corrected chi connectivity index (χ2v) is 6.83. The first-order chi connectivity index (χ1) is 11.7. The topological polar surface area (TPSA) is 45.2 Å². The highest BCUT2D eigenvalue weighted by atomic mass is 35.5. The molecule has 0 aliphatic heterocycles. The highest BCUT2D eigenvalue weighted by Gasteiger charge is 2.13. The third kappa shape index (κ3) is 3.86. The summed E-state index contributed by atoms with van der Waals surface area (Å²) < 4.78 is 0. The SMILES string of the molecule is CCN(CC(=O)NCc1cccs1)c1ccnc2cc(Cl)ccc12. The van der Waals surface area contributed by atoms with E-state index in [4.69, 9.17) is 11.6 Å². The van der Waals surface area contributed by atoms with Gasteiger partial charge >= 0.3 is 0 Å². The molecule has 3 rings (SSSR count). The minimum absolute atomic E-state index is 0.00387. The molecular weight excluding hydrogens is 342 g/mol. The Kier molecular flexibility index (Phi) is 5.33. The summed E-state index contributed by atoms with van der Waals surface area (Å²) in [4.78, 5) is 19.8.